The Morgan fingerprint density at radius 3 is 2.53 bits per heavy atom. The number of aromatic nitrogens is 2. The summed E-state index contributed by atoms with van der Waals surface area (Å²) >= 11 is 0. The van der Waals surface area contributed by atoms with Gasteiger partial charge < -0.3 is 25.8 Å². The second-order valence-electron chi connectivity index (χ2n) is 7.35. The van der Waals surface area contributed by atoms with Gasteiger partial charge in [0.1, 0.15) is 0 Å². The van der Waals surface area contributed by atoms with Crippen molar-refractivity contribution in [2.24, 2.45) is 5.73 Å². The van der Waals surface area contributed by atoms with Crippen molar-refractivity contribution >= 4 is 16.9 Å². The van der Waals surface area contributed by atoms with Crippen LogP contribution >= 0.6 is 0 Å². The standard InChI is InChI=1S/C22H27N5O3/c1-13-10-16-18(11-14(13)2)27(21(23)19(26-16)22(24)30)9-8-25-17(12-28)20(29)15-6-4-3-5-7-15/h3-7,10-11,17,20,23,25,28-29H,8-9,12H2,1-2H3,(H2,24,30)/t17-,20-/m1/s1. The van der Waals surface area contributed by atoms with Crippen LogP contribution in [0.1, 0.15) is 33.3 Å². The molecule has 1 aromatic heterocycles. The predicted molar refractivity (Wildman–Crippen MR) is 114 cm³/mol. The molecule has 8 heteroatoms. The number of fused-ring (bicyclic) bond motifs is 1. The summed E-state index contributed by atoms with van der Waals surface area (Å²) in [4.78, 5) is 16.1. The molecule has 2 atom stereocenters. The number of carbonyl (C=O) groups is 1. The van der Waals surface area contributed by atoms with Crippen LogP contribution in [0.4, 0.5) is 0 Å². The van der Waals surface area contributed by atoms with Gasteiger partial charge in [-0.3, -0.25) is 10.2 Å². The molecule has 1 heterocycles. The van der Waals surface area contributed by atoms with Gasteiger partial charge in [0, 0.05) is 13.1 Å². The summed E-state index contributed by atoms with van der Waals surface area (Å²) in [7, 11) is 0. The number of hydrogen-bond acceptors (Lipinski definition) is 6. The Morgan fingerprint density at radius 1 is 1.23 bits per heavy atom. The normalized spacial score (nSPS) is 13.3. The molecule has 0 spiro atoms. The van der Waals surface area contributed by atoms with E-state index in [4.69, 9.17) is 11.1 Å². The van der Waals surface area contributed by atoms with Gasteiger partial charge in [0.25, 0.3) is 5.91 Å². The zero-order valence-electron chi connectivity index (χ0n) is 17.1. The molecule has 6 N–H and O–H groups in total. The van der Waals surface area contributed by atoms with Crippen LogP contribution in [0.25, 0.3) is 11.0 Å². The molecular formula is C22H27N5O3. The highest BCUT2D eigenvalue weighted by Gasteiger charge is 2.20. The summed E-state index contributed by atoms with van der Waals surface area (Å²) < 4.78 is 1.67. The molecule has 8 nitrogen and oxygen atoms in total. The minimum Gasteiger partial charge on any atom is -0.395 e. The van der Waals surface area contributed by atoms with E-state index >= 15 is 0 Å². The van der Waals surface area contributed by atoms with Crippen molar-refractivity contribution in [3.8, 4) is 0 Å². The third kappa shape index (κ3) is 4.40. The first-order valence-corrected chi connectivity index (χ1v) is 9.77. The lowest BCUT2D eigenvalue weighted by atomic mass is 10.0. The molecule has 0 unspecified atom stereocenters. The summed E-state index contributed by atoms with van der Waals surface area (Å²) in [5.74, 6) is -0.755. The number of aliphatic hydroxyl groups excluding tert-OH is 2. The van der Waals surface area contributed by atoms with Gasteiger partial charge in [0.05, 0.1) is 29.8 Å². The highest BCUT2D eigenvalue weighted by molar-refractivity contribution is 5.92. The number of nitrogens with one attached hydrogen (secondary N) is 2. The number of amides is 1. The Labute approximate surface area is 174 Å². The number of primary amides is 1. The van der Waals surface area contributed by atoms with Crippen molar-refractivity contribution in [3.05, 3.63) is 70.3 Å². The number of nitrogens with zero attached hydrogens (tertiary/aromatic N) is 2. The van der Waals surface area contributed by atoms with Crippen molar-refractivity contribution in [1.82, 2.24) is 14.9 Å². The fraction of sp³-hybridized carbons (Fsp3) is 0.318. The van der Waals surface area contributed by atoms with Gasteiger partial charge in [-0.1, -0.05) is 30.3 Å². The van der Waals surface area contributed by atoms with E-state index < -0.39 is 18.1 Å². The quantitative estimate of drug-likeness (QED) is 0.377. The molecule has 0 saturated carbocycles. The van der Waals surface area contributed by atoms with Crippen LogP contribution in [-0.4, -0.2) is 44.9 Å². The van der Waals surface area contributed by atoms with E-state index in [0.717, 1.165) is 16.6 Å². The Hall–Kier alpha value is -3.07. The van der Waals surface area contributed by atoms with Crippen molar-refractivity contribution in [3.63, 3.8) is 0 Å². The minimum absolute atomic E-state index is 0.0655. The molecule has 0 saturated heterocycles. The van der Waals surface area contributed by atoms with Gasteiger partial charge in [0.15, 0.2) is 11.2 Å². The minimum atomic E-state index is -0.878. The average Bonchev–Trinajstić information content (AvgIpc) is 2.73. The van der Waals surface area contributed by atoms with Crippen LogP contribution in [0.15, 0.2) is 42.5 Å². The molecule has 0 bridgehead atoms. The molecule has 0 aliphatic carbocycles. The second-order valence-corrected chi connectivity index (χ2v) is 7.35. The Morgan fingerprint density at radius 2 is 1.90 bits per heavy atom. The number of aliphatic hydroxyl groups is 2. The lowest BCUT2D eigenvalue weighted by molar-refractivity contribution is 0.0897. The fourth-order valence-electron chi connectivity index (χ4n) is 3.44. The number of nitrogens with two attached hydrogens (primary N) is 1. The van der Waals surface area contributed by atoms with Crippen molar-refractivity contribution < 1.29 is 15.0 Å². The summed E-state index contributed by atoms with van der Waals surface area (Å²) in [6.45, 7) is 4.36. The van der Waals surface area contributed by atoms with Gasteiger partial charge in [-0.2, -0.15) is 0 Å². The zero-order chi connectivity index (χ0) is 21.8. The highest BCUT2D eigenvalue weighted by Crippen LogP contribution is 2.18. The molecule has 3 rings (SSSR count). The van der Waals surface area contributed by atoms with Crippen LogP contribution in [-0.2, 0) is 6.54 Å². The average molecular weight is 409 g/mol. The van der Waals surface area contributed by atoms with E-state index in [-0.39, 0.29) is 17.8 Å². The molecule has 0 radical (unpaired) electrons. The van der Waals surface area contributed by atoms with E-state index in [9.17, 15) is 15.0 Å². The maximum Gasteiger partial charge on any atom is 0.271 e. The lowest BCUT2D eigenvalue weighted by Gasteiger charge is -2.23. The van der Waals surface area contributed by atoms with E-state index in [1.165, 1.54) is 0 Å². The summed E-state index contributed by atoms with van der Waals surface area (Å²) in [5, 5.41) is 31.8. The molecule has 158 valence electrons. The SMILES string of the molecule is Cc1cc2nc(C(N)=O)c(=N)n(CCN[C@H](CO)[C@H](O)c3ccccc3)c2cc1C. The Bertz CT molecular complexity index is 1110. The zero-order valence-corrected chi connectivity index (χ0v) is 17.1. The van der Waals surface area contributed by atoms with Gasteiger partial charge in [0.2, 0.25) is 0 Å². The first-order valence-electron chi connectivity index (χ1n) is 9.77. The largest absolute Gasteiger partial charge is 0.395 e. The molecule has 30 heavy (non-hydrogen) atoms. The lowest BCUT2D eigenvalue weighted by Crippen LogP contribution is -2.41. The van der Waals surface area contributed by atoms with E-state index in [1.807, 2.05) is 44.2 Å². The van der Waals surface area contributed by atoms with Crippen LogP contribution < -0.4 is 16.5 Å². The molecule has 0 aliphatic rings. The summed E-state index contributed by atoms with van der Waals surface area (Å²) in [6, 6.07) is 12.3. The molecule has 0 fully saturated rings. The van der Waals surface area contributed by atoms with Gasteiger partial charge in [-0.05, 0) is 42.7 Å². The van der Waals surface area contributed by atoms with Gasteiger partial charge >= 0.3 is 0 Å². The van der Waals surface area contributed by atoms with Crippen molar-refractivity contribution in [2.45, 2.75) is 32.5 Å². The van der Waals surface area contributed by atoms with Crippen LogP contribution in [0.2, 0.25) is 0 Å². The summed E-state index contributed by atoms with van der Waals surface area (Å²) in [5.41, 5.74) is 9.36. The number of aryl methyl sites for hydroxylation is 2. The molecule has 2 aromatic carbocycles. The molecular weight excluding hydrogens is 382 g/mol. The number of rotatable bonds is 8. The Kier molecular flexibility index (Phi) is 6.61. The monoisotopic (exact) mass is 409 g/mol. The van der Waals surface area contributed by atoms with Crippen molar-refractivity contribution in [1.29, 1.82) is 5.41 Å². The molecule has 1 amide bonds. The molecule has 0 aliphatic heterocycles. The van der Waals surface area contributed by atoms with Crippen LogP contribution in [0.3, 0.4) is 0 Å². The van der Waals surface area contributed by atoms with Gasteiger partial charge in [-0.15, -0.1) is 0 Å². The first-order chi connectivity index (χ1) is 14.3. The fourth-order valence-corrected chi connectivity index (χ4v) is 3.44. The van der Waals surface area contributed by atoms with E-state index in [1.54, 1.807) is 16.7 Å². The maximum absolute atomic E-state index is 11.8. The molecule has 3 aromatic rings. The third-order valence-corrected chi connectivity index (χ3v) is 5.30. The topological polar surface area (TPSA) is 137 Å². The second kappa shape index (κ2) is 9.17. The van der Waals surface area contributed by atoms with E-state index in [2.05, 4.69) is 10.3 Å². The Balaban J connectivity index is 1.87. The smallest absolute Gasteiger partial charge is 0.271 e. The predicted octanol–water partition coefficient (Wildman–Crippen LogP) is 0.916. The summed E-state index contributed by atoms with van der Waals surface area (Å²) in [6.07, 6.45) is -0.878. The number of hydrogen-bond donors (Lipinski definition) is 5. The number of carbonyl (C=O) groups excluding carboxylic acids is 1. The highest BCUT2D eigenvalue weighted by atomic mass is 16.3. The maximum atomic E-state index is 11.8. The van der Waals surface area contributed by atoms with Crippen LogP contribution in [0, 0.1) is 19.3 Å². The first kappa shape index (κ1) is 21.6. The van der Waals surface area contributed by atoms with E-state index in [0.29, 0.717) is 24.2 Å². The van der Waals surface area contributed by atoms with Gasteiger partial charge in [-0.25, -0.2) is 4.98 Å². The number of benzene rings is 2. The third-order valence-electron chi connectivity index (χ3n) is 5.30. The van der Waals surface area contributed by atoms with Crippen molar-refractivity contribution in [2.75, 3.05) is 13.2 Å². The van der Waals surface area contributed by atoms with Crippen LogP contribution in [0.5, 0.6) is 0 Å².